The highest BCUT2D eigenvalue weighted by molar-refractivity contribution is 7.89. The average molecular weight is 376 g/mol. The Labute approximate surface area is 151 Å². The maximum atomic E-state index is 13.7. The summed E-state index contributed by atoms with van der Waals surface area (Å²) in [4.78, 5) is 4.13. The van der Waals surface area contributed by atoms with Crippen LogP contribution in [0.4, 0.5) is 4.39 Å². The Morgan fingerprint density at radius 1 is 1.16 bits per heavy atom. The van der Waals surface area contributed by atoms with E-state index in [2.05, 4.69) is 27.1 Å². The van der Waals surface area contributed by atoms with Gasteiger partial charge in [-0.25, -0.2) is 22.5 Å². The molecule has 1 saturated carbocycles. The number of hydrogen-bond donors (Lipinski definition) is 1. The molecule has 7 heteroatoms. The molecular formula is C18H17FN2O2S2. The zero-order chi connectivity index (χ0) is 18.0. The van der Waals surface area contributed by atoms with Crippen molar-refractivity contribution in [1.82, 2.24) is 4.72 Å². The van der Waals surface area contributed by atoms with Gasteiger partial charge in [0.05, 0.1) is 16.1 Å². The summed E-state index contributed by atoms with van der Waals surface area (Å²) in [5.74, 6) is -0.283. The molecule has 1 aliphatic rings. The lowest BCUT2D eigenvalue weighted by atomic mass is 9.88. The number of halogens is 1. The summed E-state index contributed by atoms with van der Waals surface area (Å²) in [7, 11) is -3.58. The second-order valence-electron chi connectivity index (χ2n) is 6.15. The molecule has 1 N–H and O–H groups in total. The first kappa shape index (κ1) is 17.9. The largest absolute Gasteiger partial charge is 0.240 e. The maximum absolute atomic E-state index is 13.7. The van der Waals surface area contributed by atoms with Crippen molar-refractivity contribution in [2.24, 2.45) is 4.99 Å². The molecule has 0 unspecified atom stereocenters. The van der Waals surface area contributed by atoms with Crippen molar-refractivity contribution in [3.05, 3.63) is 53.8 Å². The Hall–Kier alpha value is -1.92. The summed E-state index contributed by atoms with van der Waals surface area (Å²) < 4.78 is 41.2. The fourth-order valence-electron chi connectivity index (χ4n) is 2.75. The van der Waals surface area contributed by atoms with Crippen molar-refractivity contribution in [3.8, 4) is 11.1 Å². The predicted octanol–water partition coefficient (Wildman–Crippen LogP) is 3.71. The number of sulfonamides is 1. The van der Waals surface area contributed by atoms with Gasteiger partial charge in [-0.15, -0.1) is 0 Å². The van der Waals surface area contributed by atoms with E-state index in [9.17, 15) is 12.8 Å². The summed E-state index contributed by atoms with van der Waals surface area (Å²) >= 11 is 4.54. The van der Waals surface area contributed by atoms with E-state index in [1.165, 1.54) is 18.2 Å². The number of thiocarbonyl (C=S) groups is 1. The molecule has 2 aromatic carbocycles. The third-order valence-corrected chi connectivity index (χ3v) is 5.98. The van der Waals surface area contributed by atoms with Crippen molar-refractivity contribution in [2.75, 3.05) is 0 Å². The van der Waals surface area contributed by atoms with Crippen LogP contribution in [0.2, 0.25) is 0 Å². The topological polar surface area (TPSA) is 58.5 Å². The fourth-order valence-corrected chi connectivity index (χ4v) is 4.16. The van der Waals surface area contributed by atoms with Crippen LogP contribution in [0, 0.1) is 12.7 Å². The second-order valence-corrected chi connectivity index (χ2v) is 8.05. The van der Waals surface area contributed by atoms with Crippen LogP contribution in [0.25, 0.3) is 11.1 Å². The van der Waals surface area contributed by atoms with E-state index in [0.717, 1.165) is 5.56 Å². The van der Waals surface area contributed by atoms with E-state index in [1.807, 2.05) is 6.07 Å². The summed E-state index contributed by atoms with van der Waals surface area (Å²) in [6, 6.07) is 11.3. The molecule has 25 heavy (non-hydrogen) atoms. The predicted molar refractivity (Wildman–Crippen MR) is 98.7 cm³/mol. The molecule has 0 heterocycles. The van der Waals surface area contributed by atoms with Gasteiger partial charge in [0.15, 0.2) is 0 Å². The van der Waals surface area contributed by atoms with Crippen LogP contribution in [0.1, 0.15) is 18.4 Å². The van der Waals surface area contributed by atoms with Crippen molar-refractivity contribution in [1.29, 1.82) is 0 Å². The lowest BCUT2D eigenvalue weighted by Crippen LogP contribution is -2.46. The smallest absolute Gasteiger partial charge is 0.229 e. The number of hydrogen-bond acceptors (Lipinski definition) is 4. The third kappa shape index (κ3) is 4.02. The van der Waals surface area contributed by atoms with Gasteiger partial charge in [0.1, 0.15) is 5.82 Å². The molecule has 0 bridgehead atoms. The molecule has 0 atom stereocenters. The monoisotopic (exact) mass is 376 g/mol. The molecule has 0 radical (unpaired) electrons. The van der Waals surface area contributed by atoms with Gasteiger partial charge >= 0.3 is 0 Å². The molecule has 1 fully saturated rings. The van der Waals surface area contributed by atoms with Crippen LogP contribution >= 0.6 is 12.2 Å². The lowest BCUT2D eigenvalue weighted by molar-refractivity contribution is 0.330. The van der Waals surface area contributed by atoms with Crippen LogP contribution in [-0.4, -0.2) is 25.7 Å². The SMILES string of the molecule is Cc1ccc(-c2ccc(S(=O)(=O)NC3CC(N=C=S)C3)cc2)cc1F. The summed E-state index contributed by atoms with van der Waals surface area (Å²) in [6.45, 7) is 1.70. The number of benzene rings is 2. The molecule has 0 amide bonds. The molecular weight excluding hydrogens is 359 g/mol. The maximum Gasteiger partial charge on any atom is 0.240 e. The molecule has 0 aliphatic heterocycles. The number of isothiocyanates is 1. The molecule has 3 rings (SSSR count). The van der Waals surface area contributed by atoms with Gasteiger partial charge in [0, 0.05) is 6.04 Å². The minimum atomic E-state index is -3.58. The van der Waals surface area contributed by atoms with Gasteiger partial charge in [-0.3, -0.25) is 0 Å². The first-order valence-electron chi connectivity index (χ1n) is 7.85. The fraction of sp³-hybridized carbons (Fsp3) is 0.278. The second kappa shape index (κ2) is 7.14. The van der Waals surface area contributed by atoms with Crippen LogP contribution in [0.3, 0.4) is 0 Å². The van der Waals surface area contributed by atoms with E-state index in [0.29, 0.717) is 24.0 Å². The van der Waals surface area contributed by atoms with Gasteiger partial charge in [-0.1, -0.05) is 24.3 Å². The minimum Gasteiger partial charge on any atom is -0.229 e. The Kier molecular flexibility index (Phi) is 5.11. The van der Waals surface area contributed by atoms with E-state index >= 15 is 0 Å². The number of rotatable bonds is 5. The molecule has 130 valence electrons. The molecule has 0 saturated heterocycles. The standard InChI is InChI=1S/C18H17FN2O2S2/c1-12-2-3-14(8-18(12)19)13-4-6-17(7-5-13)25(22,23)21-16-9-15(10-16)20-11-24/h2-8,15-16,21H,9-10H2,1H3. The van der Waals surface area contributed by atoms with Gasteiger partial charge in [-0.05, 0) is 66.9 Å². The van der Waals surface area contributed by atoms with Crippen molar-refractivity contribution >= 4 is 27.4 Å². The normalized spacial score (nSPS) is 19.8. The first-order valence-corrected chi connectivity index (χ1v) is 9.74. The molecule has 4 nitrogen and oxygen atoms in total. The minimum absolute atomic E-state index is 0.0593. The average Bonchev–Trinajstić information content (AvgIpc) is 2.55. The Bertz CT molecular complexity index is 930. The molecule has 2 aromatic rings. The van der Waals surface area contributed by atoms with Gasteiger partial charge in [0.2, 0.25) is 10.0 Å². The third-order valence-electron chi connectivity index (χ3n) is 4.34. The first-order chi connectivity index (χ1) is 11.9. The van der Waals surface area contributed by atoms with E-state index < -0.39 is 10.0 Å². The van der Waals surface area contributed by atoms with Gasteiger partial charge in [0.25, 0.3) is 0 Å². The van der Waals surface area contributed by atoms with Crippen molar-refractivity contribution in [3.63, 3.8) is 0 Å². The Morgan fingerprint density at radius 2 is 1.80 bits per heavy atom. The van der Waals surface area contributed by atoms with Crippen LogP contribution < -0.4 is 4.72 Å². The highest BCUT2D eigenvalue weighted by Gasteiger charge is 2.32. The molecule has 1 aliphatic carbocycles. The highest BCUT2D eigenvalue weighted by atomic mass is 32.2. The number of nitrogens with one attached hydrogen (secondary N) is 1. The van der Waals surface area contributed by atoms with Crippen molar-refractivity contribution in [2.45, 2.75) is 36.7 Å². The quantitative estimate of drug-likeness (QED) is 0.639. The Balaban J connectivity index is 1.73. The van der Waals surface area contributed by atoms with Gasteiger partial charge < -0.3 is 0 Å². The van der Waals surface area contributed by atoms with Crippen molar-refractivity contribution < 1.29 is 12.8 Å². The zero-order valence-electron chi connectivity index (χ0n) is 13.6. The zero-order valence-corrected chi connectivity index (χ0v) is 15.2. The summed E-state index contributed by atoms with van der Waals surface area (Å²) in [5, 5.41) is 2.32. The molecule has 0 spiro atoms. The summed E-state index contributed by atoms with van der Waals surface area (Å²) in [5.41, 5.74) is 2.04. The number of aryl methyl sites for hydroxylation is 1. The number of nitrogens with zero attached hydrogens (tertiary/aromatic N) is 1. The van der Waals surface area contributed by atoms with Gasteiger partial charge in [-0.2, -0.15) is 0 Å². The van der Waals surface area contributed by atoms with E-state index in [-0.39, 0.29) is 22.8 Å². The number of aliphatic imine (C=N–C) groups is 1. The summed E-state index contributed by atoms with van der Waals surface area (Å²) in [6.07, 6.45) is 1.26. The highest BCUT2D eigenvalue weighted by Crippen LogP contribution is 2.26. The van der Waals surface area contributed by atoms with Crippen LogP contribution in [0.15, 0.2) is 52.4 Å². The lowest BCUT2D eigenvalue weighted by Gasteiger charge is -2.31. The van der Waals surface area contributed by atoms with Crippen LogP contribution in [-0.2, 0) is 10.0 Å². The van der Waals surface area contributed by atoms with Crippen LogP contribution in [0.5, 0.6) is 0 Å². The van der Waals surface area contributed by atoms with E-state index in [1.54, 1.807) is 25.1 Å². The Morgan fingerprint density at radius 3 is 2.40 bits per heavy atom. The molecule has 0 aromatic heterocycles. The van der Waals surface area contributed by atoms with E-state index in [4.69, 9.17) is 0 Å².